The summed E-state index contributed by atoms with van der Waals surface area (Å²) in [5.41, 5.74) is -0.332. The molecule has 0 aromatic rings. The normalized spacial score (nSPS) is 55.3. The van der Waals surface area contributed by atoms with Crippen LogP contribution in [-0.4, -0.2) is 305 Å². The molecule has 10 fully saturated rings. The van der Waals surface area contributed by atoms with E-state index < -0.39 is 198 Å². The van der Waals surface area contributed by atoms with E-state index in [0.29, 0.717) is 37.5 Å². The summed E-state index contributed by atoms with van der Waals surface area (Å²) in [5, 5.41) is 182. The van der Waals surface area contributed by atoms with Gasteiger partial charge in [-0.2, -0.15) is 0 Å². The maximum atomic E-state index is 12.1. The van der Waals surface area contributed by atoms with Gasteiger partial charge in [-0.1, -0.05) is 27.7 Å². The highest BCUT2D eigenvalue weighted by Gasteiger charge is 2.69. The summed E-state index contributed by atoms with van der Waals surface area (Å²) < 4.78 is 72.4. The molecule has 4 saturated carbocycles. The summed E-state index contributed by atoms with van der Waals surface area (Å²) in [7, 11) is 1.69. The third kappa shape index (κ3) is 12.2. The summed E-state index contributed by atoms with van der Waals surface area (Å²) in [6.45, 7) is 5.32. The second-order valence-corrected chi connectivity index (χ2v) is 27.0. The van der Waals surface area contributed by atoms with Gasteiger partial charge in [-0.05, 0) is 97.7 Å². The van der Waals surface area contributed by atoms with Gasteiger partial charge in [-0.3, -0.25) is 0 Å². The van der Waals surface area contributed by atoms with E-state index in [0.717, 1.165) is 32.1 Å². The lowest BCUT2D eigenvalue weighted by atomic mass is 9.44. The zero-order valence-electron chi connectivity index (χ0n) is 49.2. The summed E-state index contributed by atoms with van der Waals surface area (Å²) >= 11 is 0. The van der Waals surface area contributed by atoms with Gasteiger partial charge in [0.1, 0.15) is 116 Å². The van der Waals surface area contributed by atoms with E-state index in [2.05, 4.69) is 20.8 Å². The van der Waals surface area contributed by atoms with Crippen LogP contribution in [0, 0.1) is 52.3 Å². The number of methoxy groups -OCH3 is 1. The molecule has 6 aliphatic heterocycles. The smallest absolute Gasteiger partial charge is 0.187 e. The van der Waals surface area contributed by atoms with E-state index in [4.69, 9.17) is 56.8 Å². The monoisotopic (exact) mass is 1240 g/mol. The molecule has 37 atom stereocenters. The predicted octanol–water partition coefficient (Wildman–Crippen LogP) is -5.87. The fourth-order valence-corrected chi connectivity index (χ4v) is 17.2. The lowest BCUT2D eigenvalue weighted by Gasteiger charge is -2.62. The van der Waals surface area contributed by atoms with Crippen molar-refractivity contribution in [1.82, 2.24) is 0 Å². The fraction of sp³-hybridized carbons (Fsp3) is 1.00. The molecule has 4 aliphatic carbocycles. The third-order valence-corrected chi connectivity index (χ3v) is 22.2. The minimum atomic E-state index is -2.04. The molecule has 0 amide bonds. The first-order valence-corrected chi connectivity index (χ1v) is 30.8. The average molecular weight is 1250 g/mol. The van der Waals surface area contributed by atoms with Crippen LogP contribution in [0.3, 0.4) is 0 Å². The molecule has 0 bridgehead atoms. The summed E-state index contributed by atoms with van der Waals surface area (Å²) in [5.74, 6) is 0.500. The number of fused-ring (bicyclic) bond motifs is 7. The number of aliphatic hydroxyl groups excluding tert-OH is 17. The number of hydrogen-bond acceptors (Lipinski definition) is 29. The third-order valence-electron chi connectivity index (χ3n) is 22.2. The van der Waals surface area contributed by atoms with Crippen LogP contribution in [0.1, 0.15) is 85.5 Å². The van der Waals surface area contributed by atoms with Crippen LogP contribution in [0.5, 0.6) is 0 Å². The second kappa shape index (κ2) is 27.1. The van der Waals surface area contributed by atoms with Gasteiger partial charge in [0, 0.05) is 19.4 Å². The fourth-order valence-electron chi connectivity index (χ4n) is 17.2. The van der Waals surface area contributed by atoms with Crippen LogP contribution >= 0.6 is 0 Å². The Labute approximate surface area is 498 Å². The van der Waals surface area contributed by atoms with Gasteiger partial charge >= 0.3 is 0 Å². The second-order valence-electron chi connectivity index (χ2n) is 27.0. The molecule has 0 spiro atoms. The van der Waals surface area contributed by atoms with Gasteiger partial charge in [0.15, 0.2) is 37.2 Å². The highest BCUT2D eigenvalue weighted by Crippen LogP contribution is 2.71. The number of hydrogen-bond donors (Lipinski definition) is 17. The molecule has 498 valence electrons. The average Bonchev–Trinajstić information content (AvgIpc) is 1.60. The van der Waals surface area contributed by atoms with Gasteiger partial charge < -0.3 is 144 Å². The summed E-state index contributed by atoms with van der Waals surface area (Å²) in [6, 6.07) is 0. The van der Waals surface area contributed by atoms with E-state index in [1.54, 1.807) is 7.11 Å². The Hall–Kier alpha value is -1.16. The zero-order chi connectivity index (χ0) is 62.2. The van der Waals surface area contributed by atoms with Crippen molar-refractivity contribution in [3.05, 3.63) is 0 Å². The first kappa shape index (κ1) is 67.7. The van der Waals surface area contributed by atoms with Crippen LogP contribution in [0.4, 0.5) is 0 Å². The summed E-state index contributed by atoms with van der Waals surface area (Å²) in [6.07, 6.45) is -36.5. The quantitative estimate of drug-likeness (QED) is 0.0536. The number of rotatable bonds is 19. The van der Waals surface area contributed by atoms with Gasteiger partial charge in [0.05, 0.1) is 58.0 Å². The Morgan fingerprint density at radius 2 is 1.08 bits per heavy atom. The summed E-state index contributed by atoms with van der Waals surface area (Å²) in [4.78, 5) is 0. The van der Waals surface area contributed by atoms with Gasteiger partial charge in [0.25, 0.3) is 0 Å². The topological polar surface area (TPSA) is 455 Å². The van der Waals surface area contributed by atoms with Gasteiger partial charge in [0.2, 0.25) is 0 Å². The minimum Gasteiger partial charge on any atom is -0.394 e. The van der Waals surface area contributed by atoms with Crippen molar-refractivity contribution in [2.24, 2.45) is 52.3 Å². The first-order valence-electron chi connectivity index (χ1n) is 30.8. The molecular formula is C57H96O29. The molecule has 29 heteroatoms. The van der Waals surface area contributed by atoms with Crippen molar-refractivity contribution < 1.29 is 144 Å². The van der Waals surface area contributed by atoms with Crippen LogP contribution < -0.4 is 0 Å². The largest absolute Gasteiger partial charge is 0.394 e. The minimum absolute atomic E-state index is 0.0314. The van der Waals surface area contributed by atoms with E-state index in [9.17, 15) is 86.8 Å². The van der Waals surface area contributed by atoms with Crippen molar-refractivity contribution in [1.29, 1.82) is 0 Å². The van der Waals surface area contributed by atoms with Crippen LogP contribution in [0.25, 0.3) is 0 Å². The Kier molecular flexibility index (Phi) is 21.3. The molecule has 10 aliphatic rings. The van der Waals surface area contributed by atoms with E-state index >= 15 is 0 Å². The Balaban J connectivity index is 0.776. The molecule has 0 aromatic heterocycles. The molecule has 10 rings (SSSR count). The van der Waals surface area contributed by atoms with Crippen molar-refractivity contribution >= 4 is 0 Å². The highest BCUT2D eigenvalue weighted by molar-refractivity contribution is 5.16. The molecule has 29 nitrogen and oxygen atoms in total. The maximum absolute atomic E-state index is 12.1. The van der Waals surface area contributed by atoms with Crippen molar-refractivity contribution in [2.75, 3.05) is 46.8 Å². The van der Waals surface area contributed by atoms with Crippen LogP contribution in [0.15, 0.2) is 0 Å². The maximum Gasteiger partial charge on any atom is 0.187 e. The van der Waals surface area contributed by atoms with E-state index in [1.807, 2.05) is 6.92 Å². The molecule has 6 heterocycles. The zero-order valence-corrected chi connectivity index (χ0v) is 49.2. The molecule has 0 radical (unpaired) electrons. The number of ether oxygens (including phenoxy) is 12. The lowest BCUT2D eigenvalue weighted by Crippen LogP contribution is -2.68. The van der Waals surface area contributed by atoms with E-state index in [-0.39, 0.29) is 53.1 Å². The first-order chi connectivity index (χ1) is 40.8. The molecule has 17 N–H and O–H groups in total. The number of aliphatic hydroxyl groups is 17. The molecule has 0 aromatic carbocycles. The molecule has 86 heavy (non-hydrogen) atoms. The molecule has 6 saturated heterocycles. The Morgan fingerprint density at radius 3 is 1.73 bits per heavy atom. The highest BCUT2D eigenvalue weighted by atomic mass is 16.8. The van der Waals surface area contributed by atoms with Crippen LogP contribution in [-0.2, 0) is 56.8 Å². The van der Waals surface area contributed by atoms with Crippen molar-refractivity contribution in [2.45, 2.75) is 257 Å². The van der Waals surface area contributed by atoms with Crippen molar-refractivity contribution in [3.63, 3.8) is 0 Å². The van der Waals surface area contributed by atoms with Crippen LogP contribution in [0.2, 0.25) is 0 Å². The lowest BCUT2D eigenvalue weighted by molar-refractivity contribution is -0.404. The van der Waals surface area contributed by atoms with E-state index in [1.165, 1.54) is 0 Å². The standard InChI is InChI=1S/C57H96O29/c1-21(19-76-50-44(72)40(68)37(65)31(15-58)79-50)8-11-57(75-5)22(2)35-30(86-57)13-26-24-7-6-23-12-29(27(62)14-56(23,4)25(24)9-10-55(26,35)3)78-52-46(74)42(70)47(34(18-61)82-52)83-54-49(85-53-45(73)41(69)38(66)32(16-59)80-53)48(39(67)33(17-60)81-54)84-51-43(71)36(64)28(63)20-77-51/h21-54,58-74H,6-20H2,1-5H3/t21-,22-,23+,24+,25-,26-,27+,28+,29+,30-,31+,32+,33+,34+,35-,36-,37+,38-,39+,40-,41-,42+,43+,44+,45+,46+,47-,48-,49+,50+,51-,52+,53-,54-,55-,56-,57+/m0/s1. The molecule has 0 unspecified atom stereocenters. The molecular weight excluding hydrogens is 1150 g/mol. The van der Waals surface area contributed by atoms with Crippen molar-refractivity contribution in [3.8, 4) is 0 Å². The van der Waals surface area contributed by atoms with Gasteiger partial charge in [-0.25, -0.2) is 0 Å². The Morgan fingerprint density at radius 1 is 0.523 bits per heavy atom. The van der Waals surface area contributed by atoms with Gasteiger partial charge in [-0.15, -0.1) is 0 Å². The predicted molar refractivity (Wildman–Crippen MR) is 284 cm³/mol. The SMILES string of the molecule is CO[C@]1(CC[C@H](C)CO[C@@H]2O[C@H](CO)[C@@H](O)[C@H](O)[C@H]2O)O[C@H]2C[C@H]3[C@@H]4CC[C@@H]5C[C@@H](O[C@@H]6O[C@H](CO)[C@H](O[C@@H]7O[C@H](CO)[C@@H](O)[C@H](O[C@@H]8OC[C@@H](O)[C@H](O)[C@H]8O)[C@H]7O[C@@H]7O[C@H](CO)[C@H](O)[C@H](O)[C@H]7O)[C@H](O)[C@H]6O)[C@H](O)C[C@]5(C)[C@H]4CC[C@]3(C)[C@H]2[C@@H]1C. The Bertz CT molecular complexity index is 2190.